The average molecular weight is 260 g/mol. The summed E-state index contributed by atoms with van der Waals surface area (Å²) in [6.07, 6.45) is 0. The molecule has 0 fully saturated rings. The summed E-state index contributed by atoms with van der Waals surface area (Å²) >= 11 is 7.50. The lowest BCUT2D eigenvalue weighted by Gasteiger charge is -2.05. The molecule has 1 aromatic carbocycles. The SMILES string of the molecule is CC(C)CSCc1ccc(Cl)c([N+](=O)[O-])c1. The van der Waals surface area contributed by atoms with Crippen LogP contribution in [0.4, 0.5) is 5.69 Å². The van der Waals surface area contributed by atoms with E-state index in [0.29, 0.717) is 5.92 Å². The molecule has 1 aromatic rings. The minimum absolute atomic E-state index is 0.00989. The van der Waals surface area contributed by atoms with Crippen molar-refractivity contribution in [1.29, 1.82) is 0 Å². The molecule has 1 rings (SSSR count). The second-order valence-electron chi connectivity index (χ2n) is 3.95. The predicted molar refractivity (Wildman–Crippen MR) is 69.1 cm³/mol. The summed E-state index contributed by atoms with van der Waals surface area (Å²) in [5.41, 5.74) is 0.936. The molecule has 16 heavy (non-hydrogen) atoms. The van der Waals surface area contributed by atoms with Crippen molar-refractivity contribution in [2.24, 2.45) is 5.92 Å². The average Bonchev–Trinajstić information content (AvgIpc) is 2.19. The molecule has 0 saturated carbocycles. The number of nitro groups is 1. The molecule has 0 unspecified atom stereocenters. The third kappa shape index (κ3) is 4.02. The van der Waals surface area contributed by atoms with Gasteiger partial charge >= 0.3 is 0 Å². The molecule has 0 N–H and O–H groups in total. The fourth-order valence-electron chi connectivity index (χ4n) is 1.20. The van der Waals surface area contributed by atoms with E-state index in [0.717, 1.165) is 17.1 Å². The summed E-state index contributed by atoms with van der Waals surface area (Å²) in [7, 11) is 0. The zero-order valence-corrected chi connectivity index (χ0v) is 10.8. The smallest absolute Gasteiger partial charge is 0.258 e. The molecule has 0 aliphatic rings. The Balaban J connectivity index is 2.68. The molecule has 0 aliphatic heterocycles. The first-order chi connectivity index (χ1) is 7.50. The highest BCUT2D eigenvalue weighted by Gasteiger charge is 2.12. The van der Waals surface area contributed by atoms with Gasteiger partial charge in [-0.15, -0.1) is 0 Å². The van der Waals surface area contributed by atoms with Gasteiger partial charge in [-0.1, -0.05) is 31.5 Å². The normalized spacial score (nSPS) is 10.8. The first-order valence-corrected chi connectivity index (χ1v) is 6.54. The van der Waals surface area contributed by atoms with Gasteiger partial charge in [0.05, 0.1) is 4.92 Å². The van der Waals surface area contributed by atoms with Gasteiger partial charge in [0.1, 0.15) is 5.02 Å². The predicted octanol–water partition coefficient (Wildman–Crippen LogP) is 4.14. The van der Waals surface area contributed by atoms with E-state index in [4.69, 9.17) is 11.6 Å². The third-order valence-electron chi connectivity index (χ3n) is 1.93. The van der Waals surface area contributed by atoms with E-state index in [1.165, 1.54) is 0 Å². The third-order valence-corrected chi connectivity index (χ3v) is 3.69. The van der Waals surface area contributed by atoms with Crippen molar-refractivity contribution in [1.82, 2.24) is 0 Å². The van der Waals surface area contributed by atoms with Crippen molar-refractivity contribution < 1.29 is 4.92 Å². The molecule has 0 radical (unpaired) electrons. The molecule has 0 amide bonds. The van der Waals surface area contributed by atoms with Crippen LogP contribution in [0.5, 0.6) is 0 Å². The van der Waals surface area contributed by atoms with Gasteiger partial charge < -0.3 is 0 Å². The summed E-state index contributed by atoms with van der Waals surface area (Å²) < 4.78 is 0. The Morgan fingerprint density at radius 2 is 2.19 bits per heavy atom. The van der Waals surface area contributed by atoms with Gasteiger partial charge in [0.15, 0.2) is 0 Å². The lowest BCUT2D eigenvalue weighted by Crippen LogP contribution is -1.93. The summed E-state index contributed by atoms with van der Waals surface area (Å²) in [5, 5.41) is 10.9. The van der Waals surface area contributed by atoms with Crippen LogP contribution in [0.1, 0.15) is 19.4 Å². The first kappa shape index (κ1) is 13.3. The first-order valence-electron chi connectivity index (χ1n) is 5.01. The maximum Gasteiger partial charge on any atom is 0.288 e. The zero-order chi connectivity index (χ0) is 12.1. The Morgan fingerprint density at radius 3 is 2.75 bits per heavy atom. The lowest BCUT2D eigenvalue weighted by molar-refractivity contribution is -0.384. The van der Waals surface area contributed by atoms with E-state index in [1.54, 1.807) is 23.9 Å². The van der Waals surface area contributed by atoms with Crippen molar-refractivity contribution in [3.8, 4) is 0 Å². The largest absolute Gasteiger partial charge is 0.288 e. The van der Waals surface area contributed by atoms with Crippen LogP contribution in [-0.4, -0.2) is 10.7 Å². The van der Waals surface area contributed by atoms with Crippen molar-refractivity contribution >= 4 is 29.1 Å². The van der Waals surface area contributed by atoms with Gasteiger partial charge in [0, 0.05) is 11.8 Å². The van der Waals surface area contributed by atoms with E-state index in [2.05, 4.69) is 13.8 Å². The molecule has 0 aromatic heterocycles. The molecular formula is C11H14ClNO2S. The summed E-state index contributed by atoms with van der Waals surface area (Å²) in [6, 6.07) is 4.98. The van der Waals surface area contributed by atoms with Crippen LogP contribution in [0, 0.1) is 16.0 Å². The van der Waals surface area contributed by atoms with E-state index >= 15 is 0 Å². The second-order valence-corrected chi connectivity index (χ2v) is 5.39. The Morgan fingerprint density at radius 1 is 1.50 bits per heavy atom. The number of rotatable bonds is 5. The molecule has 88 valence electrons. The lowest BCUT2D eigenvalue weighted by atomic mass is 10.2. The maximum atomic E-state index is 10.7. The molecule has 0 atom stereocenters. The van der Waals surface area contributed by atoms with Crippen LogP contribution < -0.4 is 0 Å². The van der Waals surface area contributed by atoms with Gasteiger partial charge in [0.25, 0.3) is 5.69 Å². The number of benzene rings is 1. The fourth-order valence-corrected chi connectivity index (χ4v) is 2.39. The van der Waals surface area contributed by atoms with Crippen LogP contribution in [0.2, 0.25) is 5.02 Å². The molecule has 0 bridgehead atoms. The molecule has 0 spiro atoms. The van der Waals surface area contributed by atoms with Crippen molar-refractivity contribution in [2.45, 2.75) is 19.6 Å². The quantitative estimate of drug-likeness (QED) is 0.590. The number of hydrogen-bond acceptors (Lipinski definition) is 3. The minimum Gasteiger partial charge on any atom is -0.258 e. The number of thioether (sulfide) groups is 1. The molecule has 0 heterocycles. The molecular weight excluding hydrogens is 246 g/mol. The van der Waals surface area contributed by atoms with Crippen LogP contribution in [-0.2, 0) is 5.75 Å². The van der Waals surface area contributed by atoms with Gasteiger partial charge in [-0.25, -0.2) is 0 Å². The highest BCUT2D eigenvalue weighted by Crippen LogP contribution is 2.27. The number of hydrogen-bond donors (Lipinski definition) is 0. The molecule has 0 saturated heterocycles. The van der Waals surface area contributed by atoms with Crippen LogP contribution in [0.3, 0.4) is 0 Å². The standard InChI is InChI=1S/C11H14ClNO2S/c1-8(2)6-16-7-9-3-4-10(12)11(5-9)13(14)15/h3-5,8H,6-7H2,1-2H3. The van der Waals surface area contributed by atoms with Gasteiger partial charge in [-0.3, -0.25) is 10.1 Å². The van der Waals surface area contributed by atoms with E-state index in [-0.39, 0.29) is 10.7 Å². The Hall–Kier alpha value is -0.740. The number of halogens is 1. The van der Waals surface area contributed by atoms with Crippen LogP contribution in [0.25, 0.3) is 0 Å². The summed E-state index contributed by atoms with van der Waals surface area (Å²) in [5.74, 6) is 2.47. The molecule has 5 heteroatoms. The Labute approximate surface area is 104 Å². The van der Waals surface area contributed by atoms with Crippen molar-refractivity contribution in [3.63, 3.8) is 0 Å². The minimum atomic E-state index is -0.445. The summed E-state index contributed by atoms with van der Waals surface area (Å²) in [4.78, 5) is 10.2. The molecule has 0 aliphatic carbocycles. The second kappa shape index (κ2) is 6.11. The Kier molecular flexibility index (Phi) is 5.09. The van der Waals surface area contributed by atoms with Crippen molar-refractivity contribution in [2.75, 3.05) is 5.75 Å². The van der Waals surface area contributed by atoms with E-state index < -0.39 is 4.92 Å². The van der Waals surface area contributed by atoms with Gasteiger partial charge in [0.2, 0.25) is 0 Å². The van der Waals surface area contributed by atoms with Crippen LogP contribution >= 0.6 is 23.4 Å². The zero-order valence-electron chi connectivity index (χ0n) is 9.27. The van der Waals surface area contributed by atoms with E-state index in [1.807, 2.05) is 6.07 Å². The summed E-state index contributed by atoms with van der Waals surface area (Å²) in [6.45, 7) is 4.30. The topological polar surface area (TPSA) is 43.1 Å². The monoisotopic (exact) mass is 259 g/mol. The van der Waals surface area contributed by atoms with Gasteiger partial charge in [-0.05, 0) is 23.3 Å². The Bertz CT molecular complexity index is 382. The van der Waals surface area contributed by atoms with Crippen molar-refractivity contribution in [3.05, 3.63) is 38.9 Å². The van der Waals surface area contributed by atoms with E-state index in [9.17, 15) is 10.1 Å². The number of nitrogens with zero attached hydrogens (tertiary/aromatic N) is 1. The highest BCUT2D eigenvalue weighted by atomic mass is 35.5. The van der Waals surface area contributed by atoms with Gasteiger partial charge in [-0.2, -0.15) is 11.8 Å². The van der Waals surface area contributed by atoms with Crippen LogP contribution in [0.15, 0.2) is 18.2 Å². The number of nitro benzene ring substituents is 1. The molecule has 3 nitrogen and oxygen atoms in total. The highest BCUT2D eigenvalue weighted by molar-refractivity contribution is 7.98. The fraction of sp³-hybridized carbons (Fsp3) is 0.455. The maximum absolute atomic E-state index is 10.7.